The Morgan fingerprint density at radius 1 is 1.19 bits per heavy atom. The molecule has 1 aromatic heterocycles. The lowest BCUT2D eigenvalue weighted by Crippen LogP contribution is -2.35. The summed E-state index contributed by atoms with van der Waals surface area (Å²) in [4.78, 5) is 16.6. The molecular weight excluding hydrogens is 330 g/mol. The molecule has 0 bridgehead atoms. The summed E-state index contributed by atoms with van der Waals surface area (Å²) in [6, 6.07) is 14.9. The molecule has 2 N–H and O–H groups in total. The predicted molar refractivity (Wildman–Crippen MR) is 97.9 cm³/mol. The van der Waals surface area contributed by atoms with E-state index in [1.807, 2.05) is 55.6 Å². The molecule has 7 nitrogen and oxygen atoms in total. The number of urea groups is 1. The summed E-state index contributed by atoms with van der Waals surface area (Å²) in [5, 5.41) is 10.1. The van der Waals surface area contributed by atoms with Crippen molar-refractivity contribution in [2.45, 2.75) is 12.5 Å². The highest BCUT2D eigenvalue weighted by Crippen LogP contribution is 2.31. The standard InChI is InChI=1S/C19H19N5O2/c1-24-12-20-18(23-24)13-6-8-14(9-7-13)21-19(25)22-16-10-11-26-17-5-3-2-4-15(16)17/h2-9,12,16H,10-11H2,1H3,(H2,21,22,25)/t16-/m1/s1. The maximum absolute atomic E-state index is 12.4. The third-order valence-corrected chi connectivity index (χ3v) is 4.26. The van der Waals surface area contributed by atoms with Crippen LogP contribution in [-0.2, 0) is 7.05 Å². The van der Waals surface area contributed by atoms with Crippen LogP contribution in [0.3, 0.4) is 0 Å². The van der Waals surface area contributed by atoms with Crippen molar-refractivity contribution in [3.63, 3.8) is 0 Å². The first-order chi connectivity index (χ1) is 12.7. The molecule has 1 atom stereocenters. The minimum atomic E-state index is -0.240. The fraction of sp³-hybridized carbons (Fsp3) is 0.211. The Morgan fingerprint density at radius 2 is 2.00 bits per heavy atom. The van der Waals surface area contributed by atoms with E-state index in [9.17, 15) is 4.79 Å². The zero-order chi connectivity index (χ0) is 17.9. The van der Waals surface area contributed by atoms with Crippen molar-refractivity contribution in [3.8, 4) is 17.1 Å². The highest BCUT2D eigenvalue weighted by atomic mass is 16.5. The monoisotopic (exact) mass is 349 g/mol. The second kappa shape index (κ2) is 6.87. The van der Waals surface area contributed by atoms with Gasteiger partial charge in [0.15, 0.2) is 5.82 Å². The summed E-state index contributed by atoms with van der Waals surface area (Å²) in [5.74, 6) is 1.48. The van der Waals surface area contributed by atoms with E-state index in [0.717, 1.165) is 23.3 Å². The number of hydrogen-bond acceptors (Lipinski definition) is 4. The van der Waals surface area contributed by atoms with Gasteiger partial charge in [-0.1, -0.05) is 18.2 Å². The van der Waals surface area contributed by atoms with Crippen molar-refractivity contribution in [2.24, 2.45) is 7.05 Å². The lowest BCUT2D eigenvalue weighted by atomic mass is 10.0. The molecule has 0 aliphatic carbocycles. The van der Waals surface area contributed by atoms with Crippen LogP contribution in [0.15, 0.2) is 54.9 Å². The van der Waals surface area contributed by atoms with Gasteiger partial charge in [-0.15, -0.1) is 0 Å². The first kappa shape index (κ1) is 16.1. The van der Waals surface area contributed by atoms with Gasteiger partial charge in [0.1, 0.15) is 12.1 Å². The quantitative estimate of drug-likeness (QED) is 0.761. The third kappa shape index (κ3) is 3.37. The van der Waals surface area contributed by atoms with Gasteiger partial charge in [-0.3, -0.25) is 4.68 Å². The zero-order valence-corrected chi connectivity index (χ0v) is 14.3. The van der Waals surface area contributed by atoms with Crippen molar-refractivity contribution >= 4 is 11.7 Å². The molecule has 2 heterocycles. The average Bonchev–Trinajstić information content (AvgIpc) is 3.09. The Kier molecular flexibility index (Phi) is 4.27. The molecule has 0 saturated carbocycles. The normalized spacial score (nSPS) is 15.7. The third-order valence-electron chi connectivity index (χ3n) is 4.26. The van der Waals surface area contributed by atoms with Crippen LogP contribution in [-0.4, -0.2) is 27.4 Å². The highest BCUT2D eigenvalue weighted by Gasteiger charge is 2.22. The predicted octanol–water partition coefficient (Wildman–Crippen LogP) is 3.13. The average molecular weight is 349 g/mol. The summed E-state index contributed by atoms with van der Waals surface area (Å²) in [5.41, 5.74) is 2.61. The number of benzene rings is 2. The largest absolute Gasteiger partial charge is 0.493 e. The molecule has 2 aromatic carbocycles. The Morgan fingerprint density at radius 3 is 2.77 bits per heavy atom. The van der Waals surface area contributed by atoms with Crippen LogP contribution in [0, 0.1) is 0 Å². The number of fused-ring (bicyclic) bond motifs is 1. The minimum Gasteiger partial charge on any atom is -0.493 e. The lowest BCUT2D eigenvalue weighted by molar-refractivity contribution is 0.232. The fourth-order valence-electron chi connectivity index (χ4n) is 2.99. The van der Waals surface area contributed by atoms with E-state index in [4.69, 9.17) is 4.74 Å². The number of hydrogen-bond donors (Lipinski definition) is 2. The van der Waals surface area contributed by atoms with Crippen LogP contribution in [0.5, 0.6) is 5.75 Å². The molecular formula is C19H19N5O2. The van der Waals surface area contributed by atoms with E-state index in [2.05, 4.69) is 20.7 Å². The van der Waals surface area contributed by atoms with E-state index in [1.54, 1.807) is 11.0 Å². The van der Waals surface area contributed by atoms with Gasteiger partial charge >= 0.3 is 6.03 Å². The number of anilines is 1. The van der Waals surface area contributed by atoms with Crippen LogP contribution >= 0.6 is 0 Å². The summed E-state index contributed by atoms with van der Waals surface area (Å²) >= 11 is 0. The molecule has 0 spiro atoms. The van der Waals surface area contributed by atoms with Gasteiger partial charge in [0.25, 0.3) is 0 Å². The van der Waals surface area contributed by atoms with Gasteiger partial charge in [0, 0.05) is 30.3 Å². The smallest absolute Gasteiger partial charge is 0.319 e. The highest BCUT2D eigenvalue weighted by molar-refractivity contribution is 5.89. The first-order valence-electron chi connectivity index (χ1n) is 8.44. The van der Waals surface area contributed by atoms with Gasteiger partial charge < -0.3 is 15.4 Å². The van der Waals surface area contributed by atoms with Crippen molar-refractivity contribution < 1.29 is 9.53 Å². The topological polar surface area (TPSA) is 81.1 Å². The number of ether oxygens (including phenoxy) is 1. The number of para-hydroxylation sites is 1. The molecule has 4 rings (SSSR count). The maximum atomic E-state index is 12.4. The van der Waals surface area contributed by atoms with Gasteiger partial charge in [-0.2, -0.15) is 5.10 Å². The van der Waals surface area contributed by atoms with Crippen molar-refractivity contribution in [1.82, 2.24) is 20.1 Å². The summed E-state index contributed by atoms with van der Waals surface area (Å²) in [6.45, 7) is 0.591. The number of carbonyl (C=O) groups excluding carboxylic acids is 1. The van der Waals surface area contributed by atoms with E-state index < -0.39 is 0 Å². The Hall–Kier alpha value is -3.35. The molecule has 132 valence electrons. The van der Waals surface area contributed by atoms with E-state index in [0.29, 0.717) is 18.1 Å². The second-order valence-corrected chi connectivity index (χ2v) is 6.15. The Bertz CT molecular complexity index is 920. The van der Waals surface area contributed by atoms with E-state index in [1.165, 1.54) is 0 Å². The summed E-state index contributed by atoms with van der Waals surface area (Å²) < 4.78 is 7.28. The van der Waals surface area contributed by atoms with Gasteiger partial charge in [-0.05, 0) is 30.3 Å². The molecule has 1 aliphatic heterocycles. The number of nitrogens with zero attached hydrogens (tertiary/aromatic N) is 3. The van der Waals surface area contributed by atoms with Crippen LogP contribution in [0.4, 0.5) is 10.5 Å². The van der Waals surface area contributed by atoms with E-state index in [-0.39, 0.29) is 12.1 Å². The molecule has 2 amide bonds. The molecule has 26 heavy (non-hydrogen) atoms. The number of nitrogens with one attached hydrogen (secondary N) is 2. The SMILES string of the molecule is Cn1cnc(-c2ccc(NC(=O)N[C@@H]3CCOc4ccccc43)cc2)n1. The molecule has 0 radical (unpaired) electrons. The molecule has 3 aromatic rings. The fourth-order valence-corrected chi connectivity index (χ4v) is 2.99. The van der Waals surface area contributed by atoms with Gasteiger partial charge in [-0.25, -0.2) is 9.78 Å². The van der Waals surface area contributed by atoms with Crippen molar-refractivity contribution in [3.05, 3.63) is 60.4 Å². The van der Waals surface area contributed by atoms with Crippen LogP contribution in [0.2, 0.25) is 0 Å². The summed E-state index contributed by atoms with van der Waals surface area (Å²) in [7, 11) is 1.82. The lowest BCUT2D eigenvalue weighted by Gasteiger charge is -2.26. The molecule has 0 fully saturated rings. The van der Waals surface area contributed by atoms with Gasteiger partial charge in [0.2, 0.25) is 0 Å². The molecule has 0 saturated heterocycles. The summed E-state index contributed by atoms with van der Waals surface area (Å²) in [6.07, 6.45) is 2.40. The maximum Gasteiger partial charge on any atom is 0.319 e. The number of amides is 2. The van der Waals surface area contributed by atoms with Crippen LogP contribution in [0.25, 0.3) is 11.4 Å². The second-order valence-electron chi connectivity index (χ2n) is 6.15. The van der Waals surface area contributed by atoms with Crippen LogP contribution < -0.4 is 15.4 Å². The van der Waals surface area contributed by atoms with Gasteiger partial charge in [0.05, 0.1) is 12.6 Å². The number of aromatic nitrogens is 3. The van der Waals surface area contributed by atoms with Crippen molar-refractivity contribution in [1.29, 1.82) is 0 Å². The number of rotatable bonds is 3. The molecule has 7 heteroatoms. The minimum absolute atomic E-state index is 0.0584. The number of aryl methyl sites for hydroxylation is 1. The number of carbonyl (C=O) groups is 1. The van der Waals surface area contributed by atoms with E-state index >= 15 is 0 Å². The molecule has 1 aliphatic rings. The zero-order valence-electron chi connectivity index (χ0n) is 14.3. The van der Waals surface area contributed by atoms with Crippen molar-refractivity contribution in [2.75, 3.05) is 11.9 Å². The molecule has 0 unspecified atom stereocenters. The Labute approximate surface area is 151 Å². The first-order valence-corrected chi connectivity index (χ1v) is 8.44. The Balaban J connectivity index is 1.41. The van der Waals surface area contributed by atoms with Crippen LogP contribution in [0.1, 0.15) is 18.0 Å².